The van der Waals surface area contributed by atoms with E-state index in [0.717, 1.165) is 12.8 Å². The van der Waals surface area contributed by atoms with Gasteiger partial charge in [0.2, 0.25) is 0 Å². The number of hydrogen-bond donors (Lipinski definition) is 2. The molecule has 0 aliphatic carbocycles. The van der Waals surface area contributed by atoms with Crippen LogP contribution in [0.1, 0.15) is 43.7 Å². The number of benzene rings is 1. The van der Waals surface area contributed by atoms with Crippen LogP contribution < -0.4 is 11.3 Å². The zero-order chi connectivity index (χ0) is 12.5. The van der Waals surface area contributed by atoms with E-state index in [-0.39, 0.29) is 6.04 Å². The molecule has 0 aromatic heterocycles. The highest BCUT2D eigenvalue weighted by molar-refractivity contribution is 14.1. The molecule has 0 amide bonds. The van der Waals surface area contributed by atoms with Crippen LogP contribution in [-0.2, 0) is 0 Å². The predicted molar refractivity (Wildman–Crippen MR) is 82.5 cm³/mol. The largest absolute Gasteiger partial charge is 0.271 e. The molecule has 0 radical (unpaired) electrons. The number of hydrogen-bond acceptors (Lipinski definition) is 2. The van der Waals surface area contributed by atoms with Gasteiger partial charge in [0.1, 0.15) is 0 Å². The molecule has 2 nitrogen and oxygen atoms in total. The van der Waals surface area contributed by atoms with Gasteiger partial charge in [0.15, 0.2) is 0 Å². The summed E-state index contributed by atoms with van der Waals surface area (Å²) in [5, 5.41) is 0. The molecule has 0 heterocycles. The summed E-state index contributed by atoms with van der Waals surface area (Å²) in [4.78, 5) is 0. The van der Waals surface area contributed by atoms with Gasteiger partial charge < -0.3 is 0 Å². The molecule has 0 aliphatic heterocycles. The zero-order valence-corrected chi connectivity index (χ0v) is 12.3. The topological polar surface area (TPSA) is 38.0 Å². The summed E-state index contributed by atoms with van der Waals surface area (Å²) in [5.74, 6) is 5.62. The van der Waals surface area contributed by atoms with Gasteiger partial charge in [-0.05, 0) is 59.5 Å². The van der Waals surface area contributed by atoms with Gasteiger partial charge in [-0.3, -0.25) is 11.3 Å². The van der Waals surface area contributed by atoms with Crippen LogP contribution in [0.25, 0.3) is 0 Å². The number of halogens is 1. The van der Waals surface area contributed by atoms with E-state index in [0.29, 0.717) is 0 Å². The number of hydrazine groups is 1. The third-order valence-electron chi connectivity index (χ3n) is 2.87. The smallest absolute Gasteiger partial charge is 0.0460 e. The van der Waals surface area contributed by atoms with E-state index < -0.39 is 0 Å². The number of rotatable bonds is 8. The molecule has 0 aliphatic rings. The second-order valence-corrected chi connectivity index (χ2v) is 5.44. The molecule has 17 heavy (non-hydrogen) atoms. The quantitative estimate of drug-likeness (QED) is 0.247. The van der Waals surface area contributed by atoms with Crippen LogP contribution in [-0.4, -0.2) is 0 Å². The molecule has 1 aromatic carbocycles. The lowest BCUT2D eigenvalue weighted by molar-refractivity contribution is 0.484. The monoisotopic (exact) mass is 344 g/mol. The fourth-order valence-corrected chi connectivity index (χ4v) is 2.21. The highest BCUT2D eigenvalue weighted by atomic mass is 127. The molecular formula is C14H21IN2. The fourth-order valence-electron chi connectivity index (χ4n) is 1.86. The van der Waals surface area contributed by atoms with Crippen molar-refractivity contribution in [1.29, 1.82) is 0 Å². The number of unbranched alkanes of at least 4 members (excludes halogenated alkanes) is 3. The highest BCUT2D eigenvalue weighted by Gasteiger charge is 2.08. The lowest BCUT2D eigenvalue weighted by Gasteiger charge is -2.16. The van der Waals surface area contributed by atoms with Crippen molar-refractivity contribution >= 4 is 22.6 Å². The fraction of sp³-hybridized carbons (Fsp3) is 0.429. The maximum Gasteiger partial charge on any atom is 0.0460 e. The molecule has 1 aromatic rings. The third kappa shape index (κ3) is 5.66. The van der Waals surface area contributed by atoms with Crippen molar-refractivity contribution in [3.8, 4) is 0 Å². The average molecular weight is 344 g/mol. The van der Waals surface area contributed by atoms with Crippen LogP contribution >= 0.6 is 22.6 Å². The maximum atomic E-state index is 5.62. The number of allylic oxidation sites excluding steroid dienone is 1. The predicted octanol–water partition coefficient (Wildman–Crippen LogP) is 3.93. The van der Waals surface area contributed by atoms with Gasteiger partial charge in [0, 0.05) is 9.61 Å². The summed E-state index contributed by atoms with van der Waals surface area (Å²) in [6, 6.07) is 8.82. The first-order valence-electron chi connectivity index (χ1n) is 6.10. The SMILES string of the molecule is C=CCCCCCC(NN)c1ccc(I)cc1. The van der Waals surface area contributed by atoms with Crippen LogP contribution in [0, 0.1) is 3.57 Å². The van der Waals surface area contributed by atoms with Crippen molar-refractivity contribution in [2.45, 2.75) is 38.1 Å². The van der Waals surface area contributed by atoms with Gasteiger partial charge in [-0.25, -0.2) is 0 Å². The van der Waals surface area contributed by atoms with E-state index in [1.807, 2.05) is 6.08 Å². The molecule has 0 saturated carbocycles. The Morgan fingerprint density at radius 1 is 1.24 bits per heavy atom. The van der Waals surface area contributed by atoms with Crippen LogP contribution in [0.15, 0.2) is 36.9 Å². The zero-order valence-electron chi connectivity index (χ0n) is 10.2. The van der Waals surface area contributed by atoms with Crippen LogP contribution in [0.3, 0.4) is 0 Å². The Hall–Kier alpha value is -0.390. The lowest BCUT2D eigenvalue weighted by Crippen LogP contribution is -2.27. The summed E-state index contributed by atoms with van der Waals surface area (Å²) < 4.78 is 1.26. The van der Waals surface area contributed by atoms with E-state index in [1.165, 1.54) is 28.4 Å². The summed E-state index contributed by atoms with van der Waals surface area (Å²) >= 11 is 2.31. The molecule has 0 fully saturated rings. The second-order valence-electron chi connectivity index (χ2n) is 4.20. The van der Waals surface area contributed by atoms with E-state index in [2.05, 4.69) is 58.9 Å². The Balaban J connectivity index is 2.37. The number of nitrogens with one attached hydrogen (secondary N) is 1. The summed E-state index contributed by atoms with van der Waals surface area (Å²) in [7, 11) is 0. The van der Waals surface area contributed by atoms with Gasteiger partial charge in [0.25, 0.3) is 0 Å². The molecule has 1 unspecified atom stereocenters. The van der Waals surface area contributed by atoms with Crippen LogP contribution in [0.5, 0.6) is 0 Å². The van der Waals surface area contributed by atoms with E-state index in [4.69, 9.17) is 5.84 Å². The Bertz CT molecular complexity index is 321. The van der Waals surface area contributed by atoms with Gasteiger partial charge in [-0.2, -0.15) is 0 Å². The lowest BCUT2D eigenvalue weighted by atomic mass is 10.0. The molecule has 1 rings (SSSR count). The van der Waals surface area contributed by atoms with Crippen molar-refractivity contribution in [3.63, 3.8) is 0 Å². The summed E-state index contributed by atoms with van der Waals surface area (Å²) in [6.07, 6.45) is 7.87. The number of nitrogens with two attached hydrogens (primary N) is 1. The molecule has 0 saturated heterocycles. The van der Waals surface area contributed by atoms with Gasteiger partial charge >= 0.3 is 0 Å². The van der Waals surface area contributed by atoms with E-state index >= 15 is 0 Å². The molecular weight excluding hydrogens is 323 g/mol. The molecule has 3 heteroatoms. The minimum Gasteiger partial charge on any atom is -0.271 e. The minimum absolute atomic E-state index is 0.274. The standard InChI is InChI=1S/C14H21IN2/c1-2-3-4-5-6-7-14(17-16)12-8-10-13(15)11-9-12/h2,8-11,14,17H,1,3-7,16H2. The normalized spacial score (nSPS) is 12.4. The van der Waals surface area contributed by atoms with Crippen LogP contribution in [0.2, 0.25) is 0 Å². The first-order valence-corrected chi connectivity index (χ1v) is 7.18. The molecule has 0 spiro atoms. The Labute approximate surface area is 118 Å². The van der Waals surface area contributed by atoms with Gasteiger partial charge in [-0.15, -0.1) is 6.58 Å². The van der Waals surface area contributed by atoms with Crippen molar-refractivity contribution in [3.05, 3.63) is 46.1 Å². The Morgan fingerprint density at radius 3 is 2.53 bits per heavy atom. The molecule has 94 valence electrons. The second kappa shape index (κ2) is 8.66. The van der Waals surface area contributed by atoms with Crippen molar-refractivity contribution < 1.29 is 0 Å². The third-order valence-corrected chi connectivity index (χ3v) is 3.59. The summed E-state index contributed by atoms with van der Waals surface area (Å²) in [6.45, 7) is 3.73. The first kappa shape index (κ1) is 14.7. The van der Waals surface area contributed by atoms with Crippen LogP contribution in [0.4, 0.5) is 0 Å². The van der Waals surface area contributed by atoms with Gasteiger partial charge in [-0.1, -0.05) is 31.1 Å². The Kier molecular flexibility index (Phi) is 7.48. The van der Waals surface area contributed by atoms with Crippen molar-refractivity contribution in [1.82, 2.24) is 5.43 Å². The average Bonchev–Trinajstić information content (AvgIpc) is 2.35. The summed E-state index contributed by atoms with van der Waals surface area (Å²) in [5.41, 5.74) is 4.18. The highest BCUT2D eigenvalue weighted by Crippen LogP contribution is 2.20. The molecule has 3 N–H and O–H groups in total. The van der Waals surface area contributed by atoms with E-state index in [9.17, 15) is 0 Å². The maximum absolute atomic E-state index is 5.62. The molecule has 1 atom stereocenters. The Morgan fingerprint density at radius 2 is 1.94 bits per heavy atom. The minimum atomic E-state index is 0.274. The van der Waals surface area contributed by atoms with Crippen molar-refractivity contribution in [2.24, 2.45) is 5.84 Å². The molecule has 0 bridgehead atoms. The van der Waals surface area contributed by atoms with Gasteiger partial charge in [0.05, 0.1) is 0 Å². The van der Waals surface area contributed by atoms with E-state index in [1.54, 1.807) is 0 Å². The van der Waals surface area contributed by atoms with Crippen molar-refractivity contribution in [2.75, 3.05) is 0 Å². The first-order chi connectivity index (χ1) is 8.27.